The summed E-state index contributed by atoms with van der Waals surface area (Å²) in [6.07, 6.45) is 1.47. The summed E-state index contributed by atoms with van der Waals surface area (Å²) in [5.74, 6) is 0.482. The van der Waals surface area contributed by atoms with E-state index in [9.17, 15) is 4.79 Å². The lowest BCUT2D eigenvalue weighted by Gasteiger charge is -2.31. The molecule has 2 rings (SSSR count). The highest BCUT2D eigenvalue weighted by atomic mass is 32.2. The Labute approximate surface area is 154 Å². The van der Waals surface area contributed by atoms with Gasteiger partial charge in [0.15, 0.2) is 5.96 Å². The number of likely N-dealkylation sites (tertiary alicyclic amines) is 1. The average molecular weight is 365 g/mol. The maximum absolute atomic E-state index is 11.7. The second kappa shape index (κ2) is 10.2. The van der Waals surface area contributed by atoms with Gasteiger partial charge in [0.25, 0.3) is 0 Å². The first-order chi connectivity index (χ1) is 12.1. The van der Waals surface area contributed by atoms with Crippen LogP contribution in [0.4, 0.5) is 4.79 Å². The molecule has 1 aliphatic heterocycles. The second-order valence-corrected chi connectivity index (χ2v) is 7.58. The van der Waals surface area contributed by atoms with Crippen LogP contribution in [0.25, 0.3) is 0 Å². The molecule has 1 heterocycles. The van der Waals surface area contributed by atoms with Crippen molar-refractivity contribution in [1.82, 2.24) is 10.2 Å². The molecule has 0 aliphatic carbocycles. The maximum atomic E-state index is 11.7. The van der Waals surface area contributed by atoms with Gasteiger partial charge in [-0.3, -0.25) is 4.99 Å². The van der Waals surface area contributed by atoms with Crippen LogP contribution in [-0.4, -0.2) is 54.5 Å². The van der Waals surface area contributed by atoms with Gasteiger partial charge in [0.05, 0.1) is 13.2 Å². The van der Waals surface area contributed by atoms with Gasteiger partial charge in [-0.1, -0.05) is 25.1 Å². The number of benzene rings is 1. The van der Waals surface area contributed by atoms with E-state index in [4.69, 9.17) is 10.5 Å². The molecule has 0 spiro atoms. The third-order valence-electron chi connectivity index (χ3n) is 3.97. The van der Waals surface area contributed by atoms with E-state index >= 15 is 0 Å². The molecule has 1 aliphatic rings. The van der Waals surface area contributed by atoms with E-state index in [0.29, 0.717) is 37.5 Å². The zero-order chi connectivity index (χ0) is 18.1. The fourth-order valence-electron chi connectivity index (χ4n) is 2.67. The molecule has 1 aromatic carbocycles. The predicted octanol–water partition coefficient (Wildman–Crippen LogP) is 2.69. The van der Waals surface area contributed by atoms with Gasteiger partial charge >= 0.3 is 6.09 Å². The summed E-state index contributed by atoms with van der Waals surface area (Å²) >= 11 is 1.79. The largest absolute Gasteiger partial charge is 0.450 e. The Hall–Kier alpha value is -1.89. The molecule has 0 aromatic heterocycles. The molecule has 6 nitrogen and oxygen atoms in total. The van der Waals surface area contributed by atoms with E-state index < -0.39 is 0 Å². The maximum Gasteiger partial charge on any atom is 0.409 e. The van der Waals surface area contributed by atoms with Crippen LogP contribution in [-0.2, 0) is 4.74 Å². The smallest absolute Gasteiger partial charge is 0.409 e. The van der Waals surface area contributed by atoms with E-state index in [-0.39, 0.29) is 12.1 Å². The van der Waals surface area contributed by atoms with Crippen LogP contribution in [0.15, 0.2) is 40.2 Å². The molecule has 1 unspecified atom stereocenters. The van der Waals surface area contributed by atoms with Crippen molar-refractivity contribution in [2.75, 3.05) is 26.2 Å². The highest BCUT2D eigenvalue weighted by Gasteiger charge is 2.23. The van der Waals surface area contributed by atoms with Crippen molar-refractivity contribution in [3.8, 4) is 0 Å². The van der Waals surface area contributed by atoms with Crippen LogP contribution in [0.2, 0.25) is 0 Å². The molecule has 1 fully saturated rings. The lowest BCUT2D eigenvalue weighted by molar-refractivity contribution is 0.0963. The summed E-state index contributed by atoms with van der Waals surface area (Å²) in [6.45, 7) is 6.41. The van der Waals surface area contributed by atoms with Crippen LogP contribution < -0.4 is 11.1 Å². The zero-order valence-corrected chi connectivity index (χ0v) is 15.8. The molecule has 1 amide bonds. The number of rotatable bonds is 6. The zero-order valence-electron chi connectivity index (χ0n) is 15.0. The summed E-state index contributed by atoms with van der Waals surface area (Å²) in [5.41, 5.74) is 6.01. The summed E-state index contributed by atoms with van der Waals surface area (Å²) < 4.78 is 5.03. The molecule has 138 valence electrons. The topological polar surface area (TPSA) is 80.0 Å². The molecule has 1 saturated heterocycles. The highest BCUT2D eigenvalue weighted by molar-refractivity contribution is 8.00. The Kier molecular flexibility index (Phi) is 7.91. The van der Waals surface area contributed by atoms with Gasteiger partial charge in [-0.05, 0) is 31.9 Å². The number of nitrogens with one attached hydrogen (secondary N) is 1. The minimum atomic E-state index is -0.227. The first kappa shape index (κ1) is 19.4. The number of guanidine groups is 1. The summed E-state index contributed by atoms with van der Waals surface area (Å²) in [6, 6.07) is 10.6. The predicted molar refractivity (Wildman–Crippen MR) is 103 cm³/mol. The standard InChI is InChI=1S/C18H28N4O2S/c1-3-24-18(23)22-11-9-15(10-12-22)21-17(19)20-13-14(2)25-16-7-5-4-6-8-16/h4-8,14-15H,3,9-13H2,1-2H3,(H3,19,20,21). The number of carbonyl (C=O) groups excluding carboxylic acids is 1. The van der Waals surface area contributed by atoms with Crippen LogP contribution in [0.5, 0.6) is 0 Å². The molecule has 0 saturated carbocycles. The van der Waals surface area contributed by atoms with Crippen molar-refractivity contribution in [3.63, 3.8) is 0 Å². The van der Waals surface area contributed by atoms with E-state index in [1.807, 2.05) is 25.1 Å². The number of carbonyl (C=O) groups is 1. The molecule has 0 bridgehead atoms. The van der Waals surface area contributed by atoms with E-state index in [2.05, 4.69) is 29.4 Å². The van der Waals surface area contributed by atoms with Crippen molar-refractivity contribution < 1.29 is 9.53 Å². The van der Waals surface area contributed by atoms with Crippen LogP contribution in [0.1, 0.15) is 26.7 Å². The SMILES string of the molecule is CCOC(=O)N1CCC(NC(N)=NCC(C)Sc2ccccc2)CC1. The summed E-state index contributed by atoms with van der Waals surface area (Å²) in [7, 11) is 0. The van der Waals surface area contributed by atoms with Crippen molar-refractivity contribution in [2.24, 2.45) is 10.7 Å². The number of nitrogens with two attached hydrogens (primary N) is 1. The summed E-state index contributed by atoms with van der Waals surface area (Å²) in [4.78, 5) is 19.1. The monoisotopic (exact) mass is 364 g/mol. The van der Waals surface area contributed by atoms with Gasteiger partial charge in [-0.2, -0.15) is 0 Å². The van der Waals surface area contributed by atoms with Crippen LogP contribution >= 0.6 is 11.8 Å². The molecule has 3 N–H and O–H groups in total. The van der Waals surface area contributed by atoms with E-state index in [1.54, 1.807) is 16.7 Å². The van der Waals surface area contributed by atoms with Crippen molar-refractivity contribution >= 4 is 23.8 Å². The van der Waals surface area contributed by atoms with Gasteiger partial charge in [0.2, 0.25) is 0 Å². The van der Waals surface area contributed by atoms with Crippen molar-refractivity contribution in [1.29, 1.82) is 0 Å². The third-order valence-corrected chi connectivity index (χ3v) is 5.07. The second-order valence-electron chi connectivity index (χ2n) is 6.07. The van der Waals surface area contributed by atoms with Crippen molar-refractivity contribution in [3.05, 3.63) is 30.3 Å². The number of piperidine rings is 1. The lowest BCUT2D eigenvalue weighted by atomic mass is 10.1. The number of amides is 1. The number of nitrogens with zero attached hydrogens (tertiary/aromatic N) is 2. The minimum Gasteiger partial charge on any atom is -0.450 e. The van der Waals surface area contributed by atoms with Gasteiger partial charge in [0, 0.05) is 29.3 Å². The third kappa shape index (κ3) is 6.86. The number of ether oxygens (including phenoxy) is 1. The van der Waals surface area contributed by atoms with Gasteiger partial charge in [0.1, 0.15) is 0 Å². The molecular formula is C18H28N4O2S. The average Bonchev–Trinajstić information content (AvgIpc) is 2.62. The first-order valence-electron chi connectivity index (χ1n) is 8.78. The van der Waals surface area contributed by atoms with Crippen LogP contribution in [0.3, 0.4) is 0 Å². The minimum absolute atomic E-state index is 0.227. The first-order valence-corrected chi connectivity index (χ1v) is 9.66. The Morgan fingerprint density at radius 3 is 2.72 bits per heavy atom. The molecule has 0 radical (unpaired) electrons. The highest BCUT2D eigenvalue weighted by Crippen LogP contribution is 2.22. The molecular weight excluding hydrogens is 336 g/mol. The number of thioether (sulfide) groups is 1. The number of hydrogen-bond acceptors (Lipinski definition) is 4. The Bertz CT molecular complexity index is 559. The Balaban J connectivity index is 1.70. The molecule has 25 heavy (non-hydrogen) atoms. The fraction of sp³-hybridized carbons (Fsp3) is 0.556. The van der Waals surface area contributed by atoms with Gasteiger partial charge in [-0.25, -0.2) is 4.79 Å². The summed E-state index contributed by atoms with van der Waals surface area (Å²) in [5, 5.41) is 3.62. The number of aliphatic imine (C=N–C) groups is 1. The normalized spacial score (nSPS) is 17.2. The quantitative estimate of drug-likeness (QED) is 0.461. The van der Waals surface area contributed by atoms with Crippen LogP contribution in [0, 0.1) is 0 Å². The molecule has 1 atom stereocenters. The van der Waals surface area contributed by atoms with Gasteiger partial charge in [-0.15, -0.1) is 11.8 Å². The number of hydrogen-bond donors (Lipinski definition) is 2. The van der Waals surface area contributed by atoms with Gasteiger partial charge < -0.3 is 20.7 Å². The Morgan fingerprint density at radius 1 is 1.40 bits per heavy atom. The lowest BCUT2D eigenvalue weighted by Crippen LogP contribution is -2.48. The molecule has 7 heteroatoms. The Morgan fingerprint density at radius 2 is 2.08 bits per heavy atom. The molecule has 1 aromatic rings. The van der Waals surface area contributed by atoms with E-state index in [0.717, 1.165) is 12.8 Å². The van der Waals surface area contributed by atoms with Crippen molar-refractivity contribution in [2.45, 2.75) is 42.9 Å². The van der Waals surface area contributed by atoms with E-state index in [1.165, 1.54) is 4.90 Å². The fourth-order valence-corrected chi connectivity index (χ4v) is 3.60.